The molecule has 158 valence electrons. The zero-order valence-corrected chi connectivity index (χ0v) is 18.4. The molecule has 0 radical (unpaired) electrons. The van der Waals surface area contributed by atoms with Gasteiger partial charge >= 0.3 is 0 Å². The number of ketones is 1. The maximum atomic E-state index is 11.8. The number of ether oxygens (including phenoxy) is 1. The standard InChI is InChI=1S/C22H25ClN4O3/c1-12-6-15(10-27(4)13(2)14(3)28)18(8-17(12)23)26-22-16-7-20(29)21(30-5)9-19(16)24-11-25-22/h6-9,11,13,29H,10H2,1-5H3,(H,24,25,26). The normalized spacial score (nSPS) is 12.2. The van der Waals surface area contributed by atoms with E-state index in [0.717, 1.165) is 16.8 Å². The zero-order valence-electron chi connectivity index (χ0n) is 17.7. The molecule has 0 spiro atoms. The first-order valence-electron chi connectivity index (χ1n) is 9.49. The van der Waals surface area contributed by atoms with E-state index < -0.39 is 0 Å². The number of methoxy groups -OCH3 is 1. The minimum atomic E-state index is -0.210. The predicted molar refractivity (Wildman–Crippen MR) is 119 cm³/mol. The van der Waals surface area contributed by atoms with Gasteiger partial charge in [-0.15, -0.1) is 0 Å². The average molecular weight is 429 g/mol. The van der Waals surface area contributed by atoms with Gasteiger partial charge in [-0.1, -0.05) is 17.7 Å². The lowest BCUT2D eigenvalue weighted by Gasteiger charge is -2.24. The van der Waals surface area contributed by atoms with Gasteiger partial charge in [0.15, 0.2) is 11.5 Å². The van der Waals surface area contributed by atoms with Crippen molar-refractivity contribution in [1.82, 2.24) is 14.9 Å². The summed E-state index contributed by atoms with van der Waals surface area (Å²) in [6, 6.07) is 6.85. The maximum Gasteiger partial charge on any atom is 0.162 e. The van der Waals surface area contributed by atoms with E-state index in [1.165, 1.54) is 13.4 Å². The third-order valence-electron chi connectivity index (χ3n) is 5.24. The van der Waals surface area contributed by atoms with Crippen molar-refractivity contribution < 1.29 is 14.6 Å². The van der Waals surface area contributed by atoms with Crippen LogP contribution in [0.3, 0.4) is 0 Å². The number of anilines is 2. The number of hydrogen-bond acceptors (Lipinski definition) is 7. The van der Waals surface area contributed by atoms with Crippen LogP contribution in [-0.4, -0.2) is 46.0 Å². The smallest absolute Gasteiger partial charge is 0.162 e. The van der Waals surface area contributed by atoms with Gasteiger partial charge in [0.1, 0.15) is 17.9 Å². The molecule has 0 fully saturated rings. The van der Waals surface area contributed by atoms with Gasteiger partial charge in [-0.3, -0.25) is 9.69 Å². The number of aromatic nitrogens is 2. The molecule has 2 N–H and O–H groups in total. The molecule has 8 heteroatoms. The summed E-state index contributed by atoms with van der Waals surface area (Å²) in [7, 11) is 3.39. The molecule has 0 aliphatic heterocycles. The molecule has 0 aliphatic carbocycles. The van der Waals surface area contributed by atoms with Crippen LogP contribution in [0, 0.1) is 6.92 Å². The van der Waals surface area contributed by atoms with E-state index in [4.69, 9.17) is 16.3 Å². The van der Waals surface area contributed by atoms with Crippen molar-refractivity contribution in [3.05, 3.63) is 46.7 Å². The van der Waals surface area contributed by atoms with Crippen molar-refractivity contribution in [3.8, 4) is 11.5 Å². The van der Waals surface area contributed by atoms with Crippen LogP contribution in [0.15, 0.2) is 30.6 Å². The molecule has 3 rings (SSSR count). The molecule has 1 aromatic heterocycles. The number of aromatic hydroxyl groups is 1. The number of Topliss-reactive ketones (excluding diaryl/α,β-unsaturated/α-hetero) is 1. The molecule has 0 saturated carbocycles. The third-order valence-corrected chi connectivity index (χ3v) is 5.65. The monoisotopic (exact) mass is 428 g/mol. The van der Waals surface area contributed by atoms with Gasteiger partial charge in [-0.25, -0.2) is 9.97 Å². The Hall–Kier alpha value is -2.90. The van der Waals surface area contributed by atoms with E-state index in [0.29, 0.717) is 34.0 Å². The SMILES string of the molecule is COc1cc2ncnc(Nc3cc(Cl)c(C)cc3CN(C)C(C)C(C)=O)c2cc1O. The summed E-state index contributed by atoms with van der Waals surface area (Å²) >= 11 is 6.39. The fraction of sp³-hybridized carbons (Fsp3) is 0.318. The number of nitrogens with one attached hydrogen (secondary N) is 1. The van der Waals surface area contributed by atoms with Crippen molar-refractivity contribution in [2.45, 2.75) is 33.4 Å². The number of carbonyl (C=O) groups is 1. The summed E-state index contributed by atoms with van der Waals surface area (Å²) in [5, 5.41) is 14.8. The molecule has 0 bridgehead atoms. The quantitative estimate of drug-likeness (QED) is 0.574. The first-order valence-corrected chi connectivity index (χ1v) is 9.87. The van der Waals surface area contributed by atoms with Crippen LogP contribution in [0.4, 0.5) is 11.5 Å². The van der Waals surface area contributed by atoms with Crippen LogP contribution in [0.5, 0.6) is 11.5 Å². The first-order chi connectivity index (χ1) is 14.2. The highest BCUT2D eigenvalue weighted by atomic mass is 35.5. The van der Waals surface area contributed by atoms with Gasteiger partial charge < -0.3 is 15.2 Å². The number of fused-ring (bicyclic) bond motifs is 1. The highest BCUT2D eigenvalue weighted by Crippen LogP contribution is 2.35. The molecule has 30 heavy (non-hydrogen) atoms. The molecule has 0 aliphatic rings. The lowest BCUT2D eigenvalue weighted by Crippen LogP contribution is -2.34. The number of nitrogens with zero attached hydrogens (tertiary/aromatic N) is 3. The lowest BCUT2D eigenvalue weighted by atomic mass is 10.1. The van der Waals surface area contributed by atoms with Crippen LogP contribution in [0.25, 0.3) is 10.9 Å². The highest BCUT2D eigenvalue weighted by Gasteiger charge is 2.18. The second-order valence-electron chi connectivity index (χ2n) is 7.35. The predicted octanol–water partition coefficient (Wildman–Crippen LogP) is 4.46. The number of phenolic OH excluding ortho intramolecular Hbond substituents is 1. The second-order valence-corrected chi connectivity index (χ2v) is 7.76. The van der Waals surface area contributed by atoms with Crippen LogP contribution in [0.1, 0.15) is 25.0 Å². The summed E-state index contributed by atoms with van der Waals surface area (Å²) in [6.07, 6.45) is 1.45. The van der Waals surface area contributed by atoms with Crippen LogP contribution >= 0.6 is 11.6 Å². The Balaban J connectivity index is 2.03. The number of aryl methyl sites for hydroxylation is 1. The number of likely N-dealkylation sites (N-methyl/N-ethyl adjacent to an activating group) is 1. The number of phenols is 1. The number of rotatable bonds is 7. The number of carbonyl (C=O) groups excluding carboxylic acids is 1. The van der Waals surface area contributed by atoms with Crippen molar-refractivity contribution >= 4 is 39.8 Å². The minimum Gasteiger partial charge on any atom is -0.504 e. The van der Waals surface area contributed by atoms with Crippen molar-refractivity contribution in [2.75, 3.05) is 19.5 Å². The van der Waals surface area contributed by atoms with Crippen LogP contribution < -0.4 is 10.1 Å². The van der Waals surface area contributed by atoms with Crippen molar-refractivity contribution in [2.24, 2.45) is 0 Å². The Labute approximate surface area is 180 Å². The molecule has 2 aromatic carbocycles. The Bertz CT molecular complexity index is 1100. The van der Waals surface area contributed by atoms with Gasteiger partial charge in [-0.05, 0) is 51.1 Å². The van der Waals surface area contributed by atoms with Gasteiger partial charge in [-0.2, -0.15) is 0 Å². The summed E-state index contributed by atoms with van der Waals surface area (Å²) in [6.45, 7) is 5.95. The number of halogens is 1. The Kier molecular flexibility index (Phi) is 6.43. The molecule has 1 unspecified atom stereocenters. The lowest BCUT2D eigenvalue weighted by molar-refractivity contribution is -0.121. The van der Waals surface area contributed by atoms with E-state index in [-0.39, 0.29) is 17.6 Å². The zero-order chi connectivity index (χ0) is 22.0. The summed E-state index contributed by atoms with van der Waals surface area (Å²) in [5.74, 6) is 0.969. The number of hydrogen-bond donors (Lipinski definition) is 2. The molecular weight excluding hydrogens is 404 g/mol. The Morgan fingerprint density at radius 1 is 1.30 bits per heavy atom. The van der Waals surface area contributed by atoms with E-state index in [2.05, 4.69) is 15.3 Å². The van der Waals surface area contributed by atoms with E-state index in [1.54, 1.807) is 19.1 Å². The number of benzene rings is 2. The van der Waals surface area contributed by atoms with Crippen molar-refractivity contribution in [1.29, 1.82) is 0 Å². The molecule has 1 heterocycles. The van der Waals surface area contributed by atoms with Crippen LogP contribution in [0.2, 0.25) is 5.02 Å². The van der Waals surface area contributed by atoms with E-state index in [9.17, 15) is 9.90 Å². The molecular formula is C22H25ClN4O3. The fourth-order valence-corrected chi connectivity index (χ4v) is 3.33. The van der Waals surface area contributed by atoms with Gasteiger partial charge in [0.2, 0.25) is 0 Å². The largest absolute Gasteiger partial charge is 0.504 e. The summed E-state index contributed by atoms with van der Waals surface area (Å²) < 4.78 is 5.16. The fourth-order valence-electron chi connectivity index (χ4n) is 3.17. The summed E-state index contributed by atoms with van der Waals surface area (Å²) in [4.78, 5) is 22.4. The van der Waals surface area contributed by atoms with E-state index >= 15 is 0 Å². The van der Waals surface area contributed by atoms with Crippen molar-refractivity contribution in [3.63, 3.8) is 0 Å². The maximum absolute atomic E-state index is 11.8. The van der Waals surface area contributed by atoms with Gasteiger partial charge in [0, 0.05) is 28.7 Å². The molecule has 0 amide bonds. The molecule has 7 nitrogen and oxygen atoms in total. The molecule has 0 saturated heterocycles. The minimum absolute atomic E-state index is 0.0000262. The van der Waals surface area contributed by atoms with Crippen LogP contribution in [-0.2, 0) is 11.3 Å². The molecule has 3 aromatic rings. The first kappa shape index (κ1) is 21.8. The topological polar surface area (TPSA) is 87.6 Å². The summed E-state index contributed by atoms with van der Waals surface area (Å²) in [5.41, 5.74) is 3.31. The highest BCUT2D eigenvalue weighted by molar-refractivity contribution is 6.31. The van der Waals surface area contributed by atoms with Gasteiger partial charge in [0.05, 0.1) is 18.7 Å². The Morgan fingerprint density at radius 2 is 2.03 bits per heavy atom. The van der Waals surface area contributed by atoms with E-state index in [1.807, 2.05) is 37.9 Å². The van der Waals surface area contributed by atoms with Gasteiger partial charge in [0.25, 0.3) is 0 Å². The second kappa shape index (κ2) is 8.85. The average Bonchev–Trinajstić information content (AvgIpc) is 2.70. The molecule has 1 atom stereocenters. The Morgan fingerprint density at radius 3 is 2.70 bits per heavy atom. The third kappa shape index (κ3) is 4.47.